The number of amides is 1. The van der Waals surface area contributed by atoms with E-state index in [2.05, 4.69) is 17.0 Å². The predicted octanol–water partition coefficient (Wildman–Crippen LogP) is 2.32. The summed E-state index contributed by atoms with van der Waals surface area (Å²) >= 11 is 0. The standard InChI is InChI=1S/C17H19N3O/c18-15-7-8-16-14(10-15)2-1-9-20(16)11-12-3-5-13(6-4-12)17(19)21/h3-8,10H,1-2,9,11,18H2,(H2,19,21). The molecule has 0 fully saturated rings. The Balaban J connectivity index is 1.81. The van der Waals surface area contributed by atoms with Crippen LogP contribution in [0, 0.1) is 0 Å². The van der Waals surface area contributed by atoms with E-state index in [4.69, 9.17) is 11.5 Å². The summed E-state index contributed by atoms with van der Waals surface area (Å²) in [6.07, 6.45) is 2.22. The lowest BCUT2D eigenvalue weighted by molar-refractivity contribution is 0.100. The number of carbonyl (C=O) groups excluding carboxylic acids is 1. The molecular formula is C17H19N3O. The minimum atomic E-state index is -0.389. The van der Waals surface area contributed by atoms with Crippen molar-refractivity contribution in [2.75, 3.05) is 17.2 Å². The highest BCUT2D eigenvalue weighted by Gasteiger charge is 2.17. The number of nitrogens with two attached hydrogens (primary N) is 2. The number of nitrogens with zero attached hydrogens (tertiary/aromatic N) is 1. The molecule has 0 saturated carbocycles. The highest BCUT2D eigenvalue weighted by molar-refractivity contribution is 5.92. The Morgan fingerprint density at radius 2 is 1.90 bits per heavy atom. The summed E-state index contributed by atoms with van der Waals surface area (Å²) in [5.74, 6) is -0.389. The minimum absolute atomic E-state index is 0.389. The molecule has 2 aromatic carbocycles. The molecule has 0 saturated heterocycles. The molecule has 0 unspecified atom stereocenters. The number of fused-ring (bicyclic) bond motifs is 1. The van der Waals surface area contributed by atoms with Gasteiger partial charge >= 0.3 is 0 Å². The molecule has 1 aliphatic rings. The maximum Gasteiger partial charge on any atom is 0.248 e. The van der Waals surface area contributed by atoms with Gasteiger partial charge in [0.1, 0.15) is 0 Å². The second-order valence-electron chi connectivity index (χ2n) is 5.47. The lowest BCUT2D eigenvalue weighted by Gasteiger charge is -2.31. The Bertz CT molecular complexity index is 664. The lowest BCUT2D eigenvalue weighted by Crippen LogP contribution is -2.28. The summed E-state index contributed by atoms with van der Waals surface area (Å²) in [5, 5.41) is 0. The molecule has 0 spiro atoms. The van der Waals surface area contributed by atoms with Crippen LogP contribution in [0.5, 0.6) is 0 Å². The van der Waals surface area contributed by atoms with Crippen molar-refractivity contribution in [1.29, 1.82) is 0 Å². The number of hydrogen-bond donors (Lipinski definition) is 2. The van der Waals surface area contributed by atoms with Gasteiger partial charge < -0.3 is 16.4 Å². The van der Waals surface area contributed by atoms with Crippen LogP contribution in [-0.2, 0) is 13.0 Å². The fraction of sp³-hybridized carbons (Fsp3) is 0.235. The summed E-state index contributed by atoms with van der Waals surface area (Å²) in [5.41, 5.74) is 16.2. The molecule has 108 valence electrons. The van der Waals surface area contributed by atoms with Crippen molar-refractivity contribution in [1.82, 2.24) is 0 Å². The second-order valence-corrected chi connectivity index (χ2v) is 5.47. The average Bonchev–Trinajstić information content (AvgIpc) is 2.47. The zero-order valence-corrected chi connectivity index (χ0v) is 11.9. The van der Waals surface area contributed by atoms with Gasteiger partial charge in [-0.25, -0.2) is 0 Å². The molecule has 4 nitrogen and oxygen atoms in total. The molecule has 0 radical (unpaired) electrons. The Morgan fingerprint density at radius 1 is 1.14 bits per heavy atom. The number of rotatable bonds is 3. The van der Waals surface area contributed by atoms with Gasteiger partial charge in [0.25, 0.3) is 0 Å². The first kappa shape index (κ1) is 13.5. The summed E-state index contributed by atoms with van der Waals surface area (Å²) in [7, 11) is 0. The molecule has 2 aromatic rings. The fourth-order valence-corrected chi connectivity index (χ4v) is 2.85. The number of benzene rings is 2. The number of hydrogen-bond acceptors (Lipinski definition) is 3. The van der Waals surface area contributed by atoms with Crippen molar-refractivity contribution in [3.8, 4) is 0 Å². The first-order valence-electron chi connectivity index (χ1n) is 7.15. The highest BCUT2D eigenvalue weighted by atomic mass is 16.1. The van der Waals surface area contributed by atoms with Crippen LogP contribution in [-0.4, -0.2) is 12.5 Å². The van der Waals surface area contributed by atoms with E-state index in [9.17, 15) is 4.79 Å². The Hall–Kier alpha value is -2.49. The van der Waals surface area contributed by atoms with Crippen molar-refractivity contribution in [2.45, 2.75) is 19.4 Å². The van der Waals surface area contributed by atoms with Crippen LogP contribution in [0.25, 0.3) is 0 Å². The zero-order chi connectivity index (χ0) is 14.8. The maximum absolute atomic E-state index is 11.1. The van der Waals surface area contributed by atoms with E-state index in [-0.39, 0.29) is 5.91 Å². The van der Waals surface area contributed by atoms with E-state index >= 15 is 0 Å². The van der Waals surface area contributed by atoms with Gasteiger partial charge in [-0.1, -0.05) is 12.1 Å². The fourth-order valence-electron chi connectivity index (χ4n) is 2.85. The van der Waals surface area contributed by atoms with E-state index in [1.54, 1.807) is 12.1 Å². The van der Waals surface area contributed by atoms with Crippen molar-refractivity contribution < 1.29 is 4.79 Å². The molecule has 0 atom stereocenters. The van der Waals surface area contributed by atoms with Crippen LogP contribution >= 0.6 is 0 Å². The second kappa shape index (κ2) is 5.48. The van der Waals surface area contributed by atoms with Gasteiger partial charge in [-0.3, -0.25) is 4.79 Å². The van der Waals surface area contributed by atoms with Crippen LogP contribution in [0.4, 0.5) is 11.4 Å². The summed E-state index contributed by atoms with van der Waals surface area (Å²) < 4.78 is 0. The molecule has 0 aromatic heterocycles. The normalized spacial score (nSPS) is 13.8. The number of nitrogen functional groups attached to an aromatic ring is 1. The van der Waals surface area contributed by atoms with Crippen LogP contribution in [0.3, 0.4) is 0 Å². The summed E-state index contributed by atoms with van der Waals surface area (Å²) in [6, 6.07) is 13.6. The van der Waals surface area contributed by atoms with E-state index in [0.29, 0.717) is 5.56 Å². The molecule has 1 amide bonds. The monoisotopic (exact) mass is 281 g/mol. The zero-order valence-electron chi connectivity index (χ0n) is 11.9. The molecule has 3 rings (SSSR count). The van der Waals surface area contributed by atoms with E-state index in [0.717, 1.165) is 31.6 Å². The first-order valence-corrected chi connectivity index (χ1v) is 7.15. The third-order valence-electron chi connectivity index (χ3n) is 3.93. The van der Waals surface area contributed by atoms with Gasteiger partial charge in [-0.2, -0.15) is 0 Å². The Morgan fingerprint density at radius 3 is 2.62 bits per heavy atom. The lowest BCUT2D eigenvalue weighted by atomic mass is 10.00. The number of anilines is 2. The Labute approximate surface area is 124 Å². The van der Waals surface area contributed by atoms with Crippen LogP contribution in [0.2, 0.25) is 0 Å². The van der Waals surface area contributed by atoms with Gasteiger partial charge in [0.05, 0.1) is 0 Å². The maximum atomic E-state index is 11.1. The van der Waals surface area contributed by atoms with Gasteiger partial charge in [0.15, 0.2) is 0 Å². The number of carbonyl (C=O) groups is 1. The third-order valence-corrected chi connectivity index (χ3v) is 3.93. The number of aryl methyl sites for hydroxylation is 1. The van der Waals surface area contributed by atoms with Crippen molar-refractivity contribution >= 4 is 17.3 Å². The molecule has 4 N–H and O–H groups in total. The van der Waals surface area contributed by atoms with Gasteiger partial charge in [0.2, 0.25) is 5.91 Å². The van der Waals surface area contributed by atoms with E-state index in [1.807, 2.05) is 18.2 Å². The van der Waals surface area contributed by atoms with E-state index in [1.165, 1.54) is 16.8 Å². The van der Waals surface area contributed by atoms with Crippen LogP contribution in [0.1, 0.15) is 27.9 Å². The molecular weight excluding hydrogens is 262 g/mol. The highest BCUT2D eigenvalue weighted by Crippen LogP contribution is 2.30. The molecule has 1 aliphatic heterocycles. The largest absolute Gasteiger partial charge is 0.399 e. The number of primary amides is 1. The van der Waals surface area contributed by atoms with Gasteiger partial charge in [-0.15, -0.1) is 0 Å². The van der Waals surface area contributed by atoms with E-state index < -0.39 is 0 Å². The Kier molecular flexibility index (Phi) is 3.52. The molecule has 21 heavy (non-hydrogen) atoms. The van der Waals surface area contributed by atoms with Crippen molar-refractivity contribution in [3.05, 3.63) is 59.2 Å². The predicted molar refractivity (Wildman–Crippen MR) is 85.2 cm³/mol. The quantitative estimate of drug-likeness (QED) is 0.848. The minimum Gasteiger partial charge on any atom is -0.399 e. The van der Waals surface area contributed by atoms with Gasteiger partial charge in [-0.05, 0) is 54.3 Å². The van der Waals surface area contributed by atoms with Crippen molar-refractivity contribution in [2.24, 2.45) is 5.73 Å². The SMILES string of the molecule is NC(=O)c1ccc(CN2CCCc3cc(N)ccc32)cc1. The average molecular weight is 281 g/mol. The molecule has 1 heterocycles. The molecule has 4 heteroatoms. The topological polar surface area (TPSA) is 72.4 Å². The summed E-state index contributed by atoms with van der Waals surface area (Å²) in [6.45, 7) is 1.87. The smallest absolute Gasteiger partial charge is 0.248 e. The van der Waals surface area contributed by atoms with Crippen LogP contribution in [0.15, 0.2) is 42.5 Å². The van der Waals surface area contributed by atoms with Gasteiger partial charge in [0, 0.05) is 30.0 Å². The first-order chi connectivity index (χ1) is 10.1. The molecule has 0 aliphatic carbocycles. The van der Waals surface area contributed by atoms with Crippen LogP contribution < -0.4 is 16.4 Å². The summed E-state index contributed by atoms with van der Waals surface area (Å²) in [4.78, 5) is 13.5. The van der Waals surface area contributed by atoms with Crippen molar-refractivity contribution in [3.63, 3.8) is 0 Å². The molecule has 0 bridgehead atoms. The third kappa shape index (κ3) is 2.84.